The van der Waals surface area contributed by atoms with Crippen molar-refractivity contribution in [2.24, 2.45) is 4.99 Å². The van der Waals surface area contributed by atoms with Crippen LogP contribution in [0.25, 0.3) is 5.69 Å². The standard InChI is InChI=1S/C18H26FN5O2S/c1-14(10-13-27(3,25)26)22-18(20-2)21-11-8-16-9-12-24(23-16)17-6-4-15(19)5-7-17/h4-7,9,12,14H,8,10-11,13H2,1-3H3,(H2,20,21,22). The maximum absolute atomic E-state index is 13.0. The maximum atomic E-state index is 13.0. The van der Waals surface area contributed by atoms with Crippen LogP contribution in [0.15, 0.2) is 41.5 Å². The molecule has 1 aromatic heterocycles. The molecule has 9 heteroatoms. The quantitative estimate of drug-likeness (QED) is 0.523. The van der Waals surface area contributed by atoms with Crippen molar-refractivity contribution in [2.45, 2.75) is 25.8 Å². The molecule has 2 rings (SSSR count). The second-order valence-corrected chi connectivity index (χ2v) is 8.70. The number of hydrogen-bond donors (Lipinski definition) is 2. The molecule has 2 aromatic rings. The number of rotatable bonds is 8. The molecule has 0 radical (unpaired) electrons. The third kappa shape index (κ3) is 7.38. The molecule has 1 atom stereocenters. The van der Waals surface area contributed by atoms with E-state index in [-0.39, 0.29) is 17.6 Å². The van der Waals surface area contributed by atoms with Crippen molar-refractivity contribution in [2.75, 3.05) is 25.6 Å². The van der Waals surface area contributed by atoms with Crippen LogP contribution in [0, 0.1) is 5.82 Å². The van der Waals surface area contributed by atoms with Gasteiger partial charge in [0.1, 0.15) is 15.7 Å². The van der Waals surface area contributed by atoms with Gasteiger partial charge in [-0.3, -0.25) is 4.99 Å². The van der Waals surface area contributed by atoms with Crippen molar-refractivity contribution in [1.29, 1.82) is 0 Å². The van der Waals surface area contributed by atoms with E-state index in [2.05, 4.69) is 20.7 Å². The molecule has 0 amide bonds. The number of halogens is 1. The van der Waals surface area contributed by atoms with Gasteiger partial charge >= 0.3 is 0 Å². The topological polar surface area (TPSA) is 88.4 Å². The number of sulfone groups is 1. The lowest BCUT2D eigenvalue weighted by Crippen LogP contribution is -2.43. The van der Waals surface area contributed by atoms with Crippen LogP contribution in [0.4, 0.5) is 4.39 Å². The van der Waals surface area contributed by atoms with E-state index >= 15 is 0 Å². The minimum atomic E-state index is -2.97. The van der Waals surface area contributed by atoms with E-state index in [0.29, 0.717) is 25.3 Å². The third-order valence-corrected chi connectivity index (χ3v) is 4.91. The molecule has 0 aliphatic carbocycles. The van der Waals surface area contributed by atoms with E-state index in [9.17, 15) is 12.8 Å². The number of hydrogen-bond acceptors (Lipinski definition) is 4. The molecule has 7 nitrogen and oxygen atoms in total. The van der Waals surface area contributed by atoms with Crippen molar-refractivity contribution >= 4 is 15.8 Å². The van der Waals surface area contributed by atoms with Gasteiger partial charge in [0, 0.05) is 38.5 Å². The zero-order chi connectivity index (χ0) is 19.9. The van der Waals surface area contributed by atoms with Crippen molar-refractivity contribution in [3.8, 4) is 5.69 Å². The van der Waals surface area contributed by atoms with Crippen LogP contribution in [0.5, 0.6) is 0 Å². The van der Waals surface area contributed by atoms with Gasteiger partial charge in [0.05, 0.1) is 17.1 Å². The first-order valence-corrected chi connectivity index (χ1v) is 10.8. The highest BCUT2D eigenvalue weighted by molar-refractivity contribution is 7.90. The second kappa shape index (κ2) is 9.50. The summed E-state index contributed by atoms with van der Waals surface area (Å²) < 4.78 is 37.2. The van der Waals surface area contributed by atoms with Crippen LogP contribution in [-0.4, -0.2) is 55.8 Å². The fourth-order valence-corrected chi connectivity index (χ4v) is 3.21. The molecule has 148 valence electrons. The lowest BCUT2D eigenvalue weighted by atomic mass is 10.2. The Balaban J connectivity index is 1.80. The number of aliphatic imine (C=N–C) groups is 1. The van der Waals surface area contributed by atoms with Crippen molar-refractivity contribution in [1.82, 2.24) is 20.4 Å². The summed E-state index contributed by atoms with van der Waals surface area (Å²) >= 11 is 0. The minimum absolute atomic E-state index is 0.0105. The molecule has 1 heterocycles. The number of nitrogens with zero attached hydrogens (tertiary/aromatic N) is 3. The van der Waals surface area contributed by atoms with E-state index in [4.69, 9.17) is 0 Å². The number of nitrogens with one attached hydrogen (secondary N) is 2. The average molecular weight is 396 g/mol. The SMILES string of the molecule is CN=C(NCCc1ccn(-c2ccc(F)cc2)n1)NC(C)CCS(C)(=O)=O. The second-order valence-electron chi connectivity index (χ2n) is 6.44. The molecule has 0 fully saturated rings. The molecule has 1 unspecified atom stereocenters. The fraction of sp³-hybridized carbons (Fsp3) is 0.444. The highest BCUT2D eigenvalue weighted by Crippen LogP contribution is 2.09. The van der Waals surface area contributed by atoms with Crippen molar-refractivity contribution < 1.29 is 12.8 Å². The largest absolute Gasteiger partial charge is 0.356 e. The zero-order valence-electron chi connectivity index (χ0n) is 15.8. The summed E-state index contributed by atoms with van der Waals surface area (Å²) in [4.78, 5) is 4.15. The molecule has 2 N–H and O–H groups in total. The average Bonchev–Trinajstić information content (AvgIpc) is 3.08. The molecule has 0 saturated carbocycles. The Labute approximate surface area is 159 Å². The molecular formula is C18H26FN5O2S. The number of aromatic nitrogens is 2. The lowest BCUT2D eigenvalue weighted by molar-refractivity contribution is 0.581. The Morgan fingerprint density at radius 1 is 1.30 bits per heavy atom. The van der Waals surface area contributed by atoms with Crippen LogP contribution >= 0.6 is 0 Å². The molecule has 0 bridgehead atoms. The van der Waals surface area contributed by atoms with Crippen LogP contribution in [0.2, 0.25) is 0 Å². The Hall–Kier alpha value is -2.42. The van der Waals surface area contributed by atoms with Crippen LogP contribution in [0.1, 0.15) is 19.0 Å². The highest BCUT2D eigenvalue weighted by Gasteiger charge is 2.09. The Morgan fingerprint density at radius 3 is 2.63 bits per heavy atom. The molecule has 0 aliphatic rings. The highest BCUT2D eigenvalue weighted by atomic mass is 32.2. The Morgan fingerprint density at radius 2 is 2.00 bits per heavy atom. The van der Waals surface area contributed by atoms with Gasteiger partial charge in [-0.15, -0.1) is 0 Å². The lowest BCUT2D eigenvalue weighted by Gasteiger charge is -2.17. The zero-order valence-corrected chi connectivity index (χ0v) is 16.6. The first kappa shape index (κ1) is 20.9. The number of guanidine groups is 1. The van der Waals surface area contributed by atoms with E-state index in [1.807, 2.05) is 19.2 Å². The van der Waals surface area contributed by atoms with Gasteiger partial charge in [-0.25, -0.2) is 17.5 Å². The molecule has 0 aliphatic heterocycles. The maximum Gasteiger partial charge on any atom is 0.191 e. The Bertz CT molecular complexity index is 862. The van der Waals surface area contributed by atoms with Gasteiger partial charge in [-0.1, -0.05) is 0 Å². The molecule has 1 aromatic carbocycles. The van der Waals surface area contributed by atoms with Crippen LogP contribution in [-0.2, 0) is 16.3 Å². The van der Waals surface area contributed by atoms with Crippen LogP contribution in [0.3, 0.4) is 0 Å². The van der Waals surface area contributed by atoms with Gasteiger partial charge in [-0.05, 0) is 43.7 Å². The van der Waals surface area contributed by atoms with E-state index in [1.54, 1.807) is 23.9 Å². The van der Waals surface area contributed by atoms with Gasteiger partial charge < -0.3 is 10.6 Å². The third-order valence-electron chi connectivity index (χ3n) is 3.94. The molecular weight excluding hydrogens is 369 g/mol. The van der Waals surface area contributed by atoms with Crippen LogP contribution < -0.4 is 10.6 Å². The smallest absolute Gasteiger partial charge is 0.191 e. The normalized spacial score (nSPS) is 13.4. The van der Waals surface area contributed by atoms with Gasteiger partial charge in [0.25, 0.3) is 0 Å². The monoisotopic (exact) mass is 395 g/mol. The molecule has 27 heavy (non-hydrogen) atoms. The summed E-state index contributed by atoms with van der Waals surface area (Å²) in [6.45, 7) is 2.54. The Kier molecular flexibility index (Phi) is 7.35. The number of benzene rings is 1. The summed E-state index contributed by atoms with van der Waals surface area (Å²) in [5.41, 5.74) is 1.69. The van der Waals surface area contributed by atoms with Crippen molar-refractivity contribution in [3.05, 3.63) is 48.0 Å². The van der Waals surface area contributed by atoms with E-state index in [0.717, 1.165) is 11.4 Å². The van der Waals surface area contributed by atoms with Gasteiger partial charge in [0.2, 0.25) is 0 Å². The summed E-state index contributed by atoms with van der Waals surface area (Å²) in [5.74, 6) is 0.479. The molecule has 0 saturated heterocycles. The summed E-state index contributed by atoms with van der Waals surface area (Å²) in [6.07, 6.45) is 4.27. The van der Waals surface area contributed by atoms with E-state index in [1.165, 1.54) is 18.4 Å². The first-order chi connectivity index (χ1) is 12.8. The van der Waals surface area contributed by atoms with E-state index < -0.39 is 9.84 Å². The van der Waals surface area contributed by atoms with Crippen molar-refractivity contribution in [3.63, 3.8) is 0 Å². The summed E-state index contributed by atoms with van der Waals surface area (Å²) in [5, 5.41) is 10.8. The fourth-order valence-electron chi connectivity index (χ4n) is 2.43. The first-order valence-electron chi connectivity index (χ1n) is 8.72. The van der Waals surface area contributed by atoms with Gasteiger partial charge in [-0.2, -0.15) is 5.10 Å². The predicted octanol–water partition coefficient (Wildman–Crippen LogP) is 1.54. The molecule has 0 spiro atoms. The predicted molar refractivity (Wildman–Crippen MR) is 106 cm³/mol. The minimum Gasteiger partial charge on any atom is -0.356 e. The van der Waals surface area contributed by atoms with Gasteiger partial charge in [0.15, 0.2) is 5.96 Å². The summed E-state index contributed by atoms with van der Waals surface area (Å²) in [7, 11) is -1.30. The summed E-state index contributed by atoms with van der Waals surface area (Å²) in [6, 6.07) is 8.05.